The van der Waals surface area contributed by atoms with Gasteiger partial charge < -0.3 is 19.5 Å². The molecule has 7 heteroatoms. The number of fused-ring (bicyclic) bond motifs is 4. The number of pyridine rings is 1. The normalized spacial score (nSPS) is 30.1. The summed E-state index contributed by atoms with van der Waals surface area (Å²) >= 11 is 0. The topological polar surface area (TPSA) is 66.8 Å². The molecule has 1 aromatic rings. The van der Waals surface area contributed by atoms with Crippen LogP contribution < -0.4 is 10.9 Å². The van der Waals surface area contributed by atoms with Crippen LogP contribution in [0.1, 0.15) is 42.9 Å². The number of hydrogen-bond acceptors (Lipinski definition) is 5. The van der Waals surface area contributed by atoms with Crippen LogP contribution in [-0.4, -0.2) is 72.3 Å². The van der Waals surface area contributed by atoms with Crippen molar-refractivity contribution in [3.05, 3.63) is 33.7 Å². The van der Waals surface area contributed by atoms with Crippen LogP contribution in [0.2, 0.25) is 0 Å². The van der Waals surface area contributed by atoms with Crippen LogP contribution in [0.4, 0.5) is 0 Å². The van der Waals surface area contributed by atoms with Crippen LogP contribution >= 0.6 is 0 Å². The Labute approximate surface area is 172 Å². The summed E-state index contributed by atoms with van der Waals surface area (Å²) in [4.78, 5) is 30.6. The molecule has 0 aliphatic carbocycles. The van der Waals surface area contributed by atoms with Gasteiger partial charge in [-0.25, -0.2) is 0 Å². The molecule has 0 aromatic carbocycles. The lowest BCUT2D eigenvalue weighted by molar-refractivity contribution is -0.139. The number of nitrogens with one attached hydrogen (secondary N) is 1. The Morgan fingerprint density at radius 1 is 1.14 bits per heavy atom. The molecule has 3 atom stereocenters. The summed E-state index contributed by atoms with van der Waals surface area (Å²) in [5.74, 6) is 0.766. The number of likely N-dealkylation sites (tertiary alicyclic amines) is 2. The third kappa shape index (κ3) is 3.88. The molecule has 4 aliphatic heterocycles. The van der Waals surface area contributed by atoms with E-state index < -0.39 is 0 Å². The lowest BCUT2D eigenvalue weighted by Gasteiger charge is -2.44. The summed E-state index contributed by atoms with van der Waals surface area (Å²) < 4.78 is 7.49. The minimum Gasteiger partial charge on any atom is -0.378 e. The first-order chi connectivity index (χ1) is 14.2. The third-order valence-electron chi connectivity index (χ3n) is 7.06. The fourth-order valence-electron chi connectivity index (χ4n) is 5.59. The molecule has 2 bridgehead atoms. The number of carbonyl (C=O) groups is 1. The van der Waals surface area contributed by atoms with Crippen molar-refractivity contribution in [3.63, 3.8) is 0 Å². The van der Waals surface area contributed by atoms with E-state index in [4.69, 9.17) is 4.74 Å². The van der Waals surface area contributed by atoms with Gasteiger partial charge in [-0.15, -0.1) is 0 Å². The van der Waals surface area contributed by atoms with E-state index in [2.05, 4.69) is 16.3 Å². The smallest absolute Gasteiger partial charge is 0.255 e. The lowest BCUT2D eigenvalue weighted by Crippen LogP contribution is -2.57. The summed E-state index contributed by atoms with van der Waals surface area (Å²) in [5.41, 5.74) is 2.22. The second-order valence-electron chi connectivity index (χ2n) is 9.16. The number of nitrogens with zero attached hydrogens (tertiary/aromatic N) is 3. The second kappa shape index (κ2) is 8.20. The Kier molecular flexibility index (Phi) is 5.45. The molecule has 7 nitrogen and oxygen atoms in total. The SMILES string of the molecule is O=C([C@H]1COCCN1)N1C[C@@H]2C[C@H](C1)c1ccc(CN3CCCCC3)c(=O)n1C2. The van der Waals surface area contributed by atoms with Crippen molar-refractivity contribution in [2.24, 2.45) is 5.92 Å². The van der Waals surface area contributed by atoms with Gasteiger partial charge in [0.25, 0.3) is 5.56 Å². The molecule has 0 unspecified atom stereocenters. The number of aromatic nitrogens is 1. The Hall–Kier alpha value is -1.70. The van der Waals surface area contributed by atoms with Gasteiger partial charge in [0.15, 0.2) is 0 Å². The summed E-state index contributed by atoms with van der Waals surface area (Å²) in [6, 6.07) is 3.97. The van der Waals surface area contributed by atoms with E-state index in [1.54, 1.807) is 0 Å². The van der Waals surface area contributed by atoms with E-state index in [0.717, 1.165) is 56.9 Å². The van der Waals surface area contributed by atoms with E-state index in [0.29, 0.717) is 25.7 Å². The summed E-state index contributed by atoms with van der Waals surface area (Å²) in [6.45, 7) is 7.02. The lowest BCUT2D eigenvalue weighted by atomic mass is 9.82. The van der Waals surface area contributed by atoms with Crippen molar-refractivity contribution in [3.8, 4) is 0 Å². The first-order valence-electron chi connectivity index (χ1n) is 11.2. The molecule has 0 saturated carbocycles. The van der Waals surface area contributed by atoms with Gasteiger partial charge in [0.05, 0.1) is 13.2 Å². The number of ether oxygens (including phenoxy) is 1. The highest BCUT2D eigenvalue weighted by Gasteiger charge is 2.38. The van der Waals surface area contributed by atoms with Crippen LogP contribution in [0.25, 0.3) is 0 Å². The highest BCUT2D eigenvalue weighted by Crippen LogP contribution is 2.35. The van der Waals surface area contributed by atoms with Crippen molar-refractivity contribution < 1.29 is 9.53 Å². The standard InChI is InChI=1S/C22H32N4O3/c27-21-17(13-24-7-2-1-3-8-24)4-5-20-18-10-16(12-26(20)21)11-25(14-18)22(28)19-15-29-9-6-23-19/h4-5,16,18-19,23H,1-3,6-15H2/t16-,18+,19+/m0/s1. The van der Waals surface area contributed by atoms with Crippen molar-refractivity contribution in [1.29, 1.82) is 0 Å². The van der Waals surface area contributed by atoms with Crippen LogP contribution in [0.3, 0.4) is 0 Å². The number of piperidine rings is 2. The number of hydrogen-bond donors (Lipinski definition) is 1. The van der Waals surface area contributed by atoms with Gasteiger partial charge in [0.1, 0.15) is 6.04 Å². The average Bonchev–Trinajstić information content (AvgIpc) is 2.77. The van der Waals surface area contributed by atoms with Gasteiger partial charge in [-0.2, -0.15) is 0 Å². The van der Waals surface area contributed by atoms with Crippen molar-refractivity contribution in [2.45, 2.75) is 50.7 Å². The van der Waals surface area contributed by atoms with Gasteiger partial charge in [0.2, 0.25) is 5.91 Å². The van der Waals surface area contributed by atoms with Crippen LogP contribution in [0.15, 0.2) is 16.9 Å². The quantitative estimate of drug-likeness (QED) is 0.812. The molecular weight excluding hydrogens is 368 g/mol. The number of amides is 1. The molecule has 29 heavy (non-hydrogen) atoms. The summed E-state index contributed by atoms with van der Waals surface area (Å²) in [5, 5.41) is 3.28. The minimum atomic E-state index is -0.225. The van der Waals surface area contributed by atoms with Crippen molar-refractivity contribution in [2.75, 3.05) is 45.9 Å². The molecule has 5 rings (SSSR count). The van der Waals surface area contributed by atoms with E-state index in [-0.39, 0.29) is 23.4 Å². The molecular formula is C22H32N4O3. The minimum absolute atomic E-state index is 0.150. The molecule has 158 valence electrons. The molecule has 3 fully saturated rings. The molecule has 5 heterocycles. The van der Waals surface area contributed by atoms with Crippen LogP contribution in [0, 0.1) is 5.92 Å². The summed E-state index contributed by atoms with van der Waals surface area (Å²) in [7, 11) is 0. The molecule has 4 aliphatic rings. The highest BCUT2D eigenvalue weighted by atomic mass is 16.5. The fourth-order valence-corrected chi connectivity index (χ4v) is 5.59. The molecule has 0 radical (unpaired) electrons. The Bertz CT molecular complexity index is 811. The van der Waals surface area contributed by atoms with E-state index >= 15 is 0 Å². The van der Waals surface area contributed by atoms with E-state index in [9.17, 15) is 9.59 Å². The summed E-state index contributed by atoms with van der Waals surface area (Å²) in [6.07, 6.45) is 4.85. The Balaban J connectivity index is 1.33. The molecule has 1 amide bonds. The highest BCUT2D eigenvalue weighted by molar-refractivity contribution is 5.82. The first-order valence-corrected chi connectivity index (χ1v) is 11.2. The maximum atomic E-state index is 13.2. The van der Waals surface area contributed by atoms with E-state index in [1.807, 2.05) is 15.5 Å². The van der Waals surface area contributed by atoms with Crippen LogP contribution in [-0.2, 0) is 22.6 Å². The number of morpholine rings is 1. The zero-order valence-corrected chi connectivity index (χ0v) is 17.1. The van der Waals surface area contributed by atoms with Gasteiger partial charge in [-0.3, -0.25) is 14.5 Å². The second-order valence-corrected chi connectivity index (χ2v) is 9.16. The first kappa shape index (κ1) is 19.3. The Morgan fingerprint density at radius 2 is 2.00 bits per heavy atom. The number of carbonyl (C=O) groups excluding carboxylic acids is 1. The predicted molar refractivity (Wildman–Crippen MR) is 110 cm³/mol. The maximum absolute atomic E-state index is 13.2. The zero-order valence-electron chi connectivity index (χ0n) is 17.1. The molecule has 1 N–H and O–H groups in total. The van der Waals surface area contributed by atoms with Crippen LogP contribution in [0.5, 0.6) is 0 Å². The molecule has 1 aromatic heterocycles. The zero-order chi connectivity index (χ0) is 19.8. The van der Waals surface area contributed by atoms with E-state index in [1.165, 1.54) is 19.3 Å². The van der Waals surface area contributed by atoms with Crippen molar-refractivity contribution in [1.82, 2.24) is 19.7 Å². The van der Waals surface area contributed by atoms with Gasteiger partial charge >= 0.3 is 0 Å². The predicted octanol–water partition coefficient (Wildman–Crippen LogP) is 0.768. The monoisotopic (exact) mass is 400 g/mol. The maximum Gasteiger partial charge on any atom is 0.255 e. The fraction of sp³-hybridized carbons (Fsp3) is 0.727. The van der Waals surface area contributed by atoms with Gasteiger partial charge in [-0.05, 0) is 44.3 Å². The van der Waals surface area contributed by atoms with Gasteiger partial charge in [-0.1, -0.05) is 12.5 Å². The average molecular weight is 401 g/mol. The molecule has 3 saturated heterocycles. The molecule has 0 spiro atoms. The van der Waals surface area contributed by atoms with Gasteiger partial charge in [0, 0.05) is 49.9 Å². The third-order valence-corrected chi connectivity index (χ3v) is 7.06. The largest absolute Gasteiger partial charge is 0.378 e. The Morgan fingerprint density at radius 3 is 2.79 bits per heavy atom. The number of rotatable bonds is 3. The van der Waals surface area contributed by atoms with Crippen molar-refractivity contribution >= 4 is 5.91 Å².